The lowest BCUT2D eigenvalue weighted by Gasteiger charge is -2.09. The summed E-state index contributed by atoms with van der Waals surface area (Å²) >= 11 is 3.39. The second kappa shape index (κ2) is 5.98. The van der Waals surface area contributed by atoms with E-state index in [4.69, 9.17) is 4.74 Å². The average molecular weight is 310 g/mol. The van der Waals surface area contributed by atoms with E-state index in [1.165, 1.54) is 12.1 Å². The number of para-hydroxylation sites is 1. The molecular formula is C14H13BrFNO. The van der Waals surface area contributed by atoms with Crippen LogP contribution in [0.25, 0.3) is 0 Å². The molecule has 0 amide bonds. The van der Waals surface area contributed by atoms with Gasteiger partial charge in [0.15, 0.2) is 0 Å². The van der Waals surface area contributed by atoms with Crippen molar-refractivity contribution in [2.75, 3.05) is 7.05 Å². The highest BCUT2D eigenvalue weighted by molar-refractivity contribution is 9.10. The second-order valence-corrected chi connectivity index (χ2v) is 4.71. The fraction of sp³-hybridized carbons (Fsp3) is 0.143. The lowest BCUT2D eigenvalue weighted by atomic mass is 10.2. The van der Waals surface area contributed by atoms with Crippen molar-refractivity contribution in [3.63, 3.8) is 0 Å². The summed E-state index contributed by atoms with van der Waals surface area (Å²) in [6.45, 7) is 0.601. The predicted octanol–water partition coefficient (Wildman–Crippen LogP) is 4.10. The van der Waals surface area contributed by atoms with Gasteiger partial charge in [-0.05, 0) is 52.8 Å². The van der Waals surface area contributed by atoms with Crippen molar-refractivity contribution in [2.45, 2.75) is 6.54 Å². The van der Waals surface area contributed by atoms with Crippen LogP contribution in [0, 0.1) is 5.82 Å². The number of halogens is 2. The van der Waals surface area contributed by atoms with Gasteiger partial charge in [-0.25, -0.2) is 4.39 Å². The van der Waals surface area contributed by atoms with Crippen molar-refractivity contribution in [1.82, 2.24) is 5.32 Å². The molecule has 0 aromatic heterocycles. The first-order valence-corrected chi connectivity index (χ1v) is 6.35. The van der Waals surface area contributed by atoms with Gasteiger partial charge in [0.2, 0.25) is 0 Å². The monoisotopic (exact) mass is 309 g/mol. The third kappa shape index (κ3) is 3.31. The SMILES string of the molecule is CNCc1cc(F)cc(Oc2ccccc2Br)c1. The Balaban J connectivity index is 2.26. The van der Waals surface area contributed by atoms with Crippen LogP contribution in [0.1, 0.15) is 5.56 Å². The van der Waals surface area contributed by atoms with Gasteiger partial charge in [0.1, 0.15) is 17.3 Å². The van der Waals surface area contributed by atoms with Crippen molar-refractivity contribution in [1.29, 1.82) is 0 Å². The molecule has 18 heavy (non-hydrogen) atoms. The van der Waals surface area contributed by atoms with E-state index in [9.17, 15) is 4.39 Å². The highest BCUT2D eigenvalue weighted by Crippen LogP contribution is 2.30. The molecule has 4 heteroatoms. The molecule has 0 unspecified atom stereocenters. The molecule has 0 heterocycles. The predicted molar refractivity (Wildman–Crippen MR) is 73.4 cm³/mol. The lowest BCUT2D eigenvalue weighted by Crippen LogP contribution is -2.05. The van der Waals surface area contributed by atoms with Gasteiger partial charge in [-0.2, -0.15) is 0 Å². The maximum absolute atomic E-state index is 13.4. The third-order valence-electron chi connectivity index (χ3n) is 2.38. The summed E-state index contributed by atoms with van der Waals surface area (Å²) in [5.41, 5.74) is 0.847. The van der Waals surface area contributed by atoms with Crippen LogP contribution in [0.3, 0.4) is 0 Å². The van der Waals surface area contributed by atoms with Crippen LogP contribution in [0.4, 0.5) is 4.39 Å². The maximum Gasteiger partial charge on any atom is 0.141 e. The van der Waals surface area contributed by atoms with Gasteiger partial charge in [-0.1, -0.05) is 12.1 Å². The zero-order chi connectivity index (χ0) is 13.0. The summed E-state index contributed by atoms with van der Waals surface area (Å²) in [5.74, 6) is 0.857. The highest BCUT2D eigenvalue weighted by atomic mass is 79.9. The molecule has 0 fully saturated rings. The Morgan fingerprint density at radius 2 is 2.00 bits per heavy atom. The minimum atomic E-state index is -0.301. The molecule has 0 aliphatic rings. The molecule has 1 N–H and O–H groups in total. The number of rotatable bonds is 4. The van der Waals surface area contributed by atoms with E-state index < -0.39 is 0 Å². The summed E-state index contributed by atoms with van der Waals surface area (Å²) in [5, 5.41) is 2.98. The molecule has 0 saturated heterocycles. The van der Waals surface area contributed by atoms with Crippen molar-refractivity contribution in [3.05, 3.63) is 58.3 Å². The molecule has 0 radical (unpaired) electrons. The van der Waals surface area contributed by atoms with Gasteiger partial charge in [0.05, 0.1) is 4.47 Å². The molecule has 0 spiro atoms. The Bertz CT molecular complexity index is 545. The Labute approximate surface area is 114 Å². The Morgan fingerprint density at radius 1 is 1.22 bits per heavy atom. The standard InChI is InChI=1S/C14H13BrFNO/c1-17-9-10-6-11(16)8-12(7-10)18-14-5-3-2-4-13(14)15/h2-8,17H,9H2,1H3. The first-order valence-electron chi connectivity index (χ1n) is 5.55. The van der Waals surface area contributed by atoms with Gasteiger partial charge in [-0.3, -0.25) is 0 Å². The molecule has 0 saturated carbocycles. The van der Waals surface area contributed by atoms with E-state index in [0.29, 0.717) is 18.0 Å². The summed E-state index contributed by atoms with van der Waals surface area (Å²) in [6, 6.07) is 12.2. The average Bonchev–Trinajstić information content (AvgIpc) is 2.32. The van der Waals surface area contributed by atoms with Crippen molar-refractivity contribution < 1.29 is 9.13 Å². The molecule has 2 aromatic carbocycles. The van der Waals surface area contributed by atoms with Crippen LogP contribution in [0.5, 0.6) is 11.5 Å². The largest absolute Gasteiger partial charge is 0.456 e. The second-order valence-electron chi connectivity index (χ2n) is 3.86. The normalized spacial score (nSPS) is 10.4. The van der Waals surface area contributed by atoms with Gasteiger partial charge in [0.25, 0.3) is 0 Å². The van der Waals surface area contributed by atoms with Crippen molar-refractivity contribution in [2.24, 2.45) is 0 Å². The van der Waals surface area contributed by atoms with Crippen molar-refractivity contribution >= 4 is 15.9 Å². The fourth-order valence-electron chi connectivity index (χ4n) is 1.64. The van der Waals surface area contributed by atoms with Crippen molar-refractivity contribution in [3.8, 4) is 11.5 Å². The minimum absolute atomic E-state index is 0.301. The van der Waals surface area contributed by atoms with Crippen LogP contribution in [0.2, 0.25) is 0 Å². The van der Waals surface area contributed by atoms with Crippen LogP contribution < -0.4 is 10.1 Å². The number of ether oxygens (including phenoxy) is 1. The maximum atomic E-state index is 13.4. The van der Waals surface area contributed by atoms with Crippen LogP contribution in [-0.4, -0.2) is 7.05 Å². The molecule has 94 valence electrons. The number of hydrogen-bond donors (Lipinski definition) is 1. The molecule has 2 nitrogen and oxygen atoms in total. The topological polar surface area (TPSA) is 21.3 Å². The zero-order valence-corrected chi connectivity index (χ0v) is 11.5. The summed E-state index contributed by atoms with van der Waals surface area (Å²) < 4.78 is 19.9. The van der Waals surface area contributed by atoms with E-state index >= 15 is 0 Å². The first-order chi connectivity index (χ1) is 8.69. The Hall–Kier alpha value is -1.39. The molecule has 0 aliphatic carbocycles. The quantitative estimate of drug-likeness (QED) is 0.918. The van der Waals surface area contributed by atoms with Crippen LogP contribution in [0.15, 0.2) is 46.9 Å². The summed E-state index contributed by atoms with van der Waals surface area (Å²) in [7, 11) is 1.82. The molecule has 0 atom stereocenters. The van der Waals surface area contributed by atoms with Crippen LogP contribution >= 0.6 is 15.9 Å². The Kier molecular flexibility index (Phi) is 4.33. The number of nitrogens with one attached hydrogen (secondary N) is 1. The van der Waals surface area contributed by atoms with Gasteiger partial charge < -0.3 is 10.1 Å². The van der Waals surface area contributed by atoms with E-state index in [1.807, 2.05) is 37.4 Å². The van der Waals surface area contributed by atoms with Gasteiger partial charge >= 0.3 is 0 Å². The zero-order valence-electron chi connectivity index (χ0n) is 9.91. The Morgan fingerprint density at radius 3 is 2.72 bits per heavy atom. The number of benzene rings is 2. The smallest absolute Gasteiger partial charge is 0.141 e. The first kappa shape index (κ1) is 13.1. The molecular weight excluding hydrogens is 297 g/mol. The molecule has 0 aliphatic heterocycles. The van der Waals surface area contributed by atoms with Gasteiger partial charge in [0, 0.05) is 12.6 Å². The van der Waals surface area contributed by atoms with E-state index in [-0.39, 0.29) is 5.82 Å². The number of hydrogen-bond acceptors (Lipinski definition) is 2. The van der Waals surface area contributed by atoms with Crippen LogP contribution in [-0.2, 0) is 6.54 Å². The fourth-order valence-corrected chi connectivity index (χ4v) is 2.01. The molecule has 2 rings (SSSR count). The lowest BCUT2D eigenvalue weighted by molar-refractivity contribution is 0.472. The van der Waals surface area contributed by atoms with E-state index in [1.54, 1.807) is 0 Å². The minimum Gasteiger partial charge on any atom is -0.456 e. The molecule has 2 aromatic rings. The summed E-state index contributed by atoms with van der Waals surface area (Å²) in [6.07, 6.45) is 0. The summed E-state index contributed by atoms with van der Waals surface area (Å²) in [4.78, 5) is 0. The highest BCUT2D eigenvalue weighted by Gasteiger charge is 2.05. The van der Waals surface area contributed by atoms with Gasteiger partial charge in [-0.15, -0.1) is 0 Å². The molecule has 0 bridgehead atoms. The van der Waals surface area contributed by atoms with E-state index in [2.05, 4.69) is 21.2 Å². The van der Waals surface area contributed by atoms with E-state index in [0.717, 1.165) is 10.0 Å². The third-order valence-corrected chi connectivity index (χ3v) is 3.03.